The molecule has 6 atom stereocenters. The highest BCUT2D eigenvalue weighted by Gasteiger charge is 2.43. The van der Waals surface area contributed by atoms with Crippen LogP contribution in [0, 0.1) is 11.6 Å². The van der Waals surface area contributed by atoms with E-state index in [0.29, 0.717) is 53.9 Å². The van der Waals surface area contributed by atoms with Crippen LogP contribution in [0.25, 0.3) is 22.5 Å². The number of aromatic nitrogens is 4. The second-order valence-corrected chi connectivity index (χ2v) is 23.0. The Balaban J connectivity index is 0.000000246. The molecule has 17 heteroatoms. The summed E-state index contributed by atoms with van der Waals surface area (Å²) in [6.07, 6.45) is 1.82. The Morgan fingerprint density at radius 2 is 1.23 bits per heavy atom. The summed E-state index contributed by atoms with van der Waals surface area (Å²) < 4.78 is 69.3. The highest BCUT2D eigenvalue weighted by atomic mass is 28.4. The predicted octanol–water partition coefficient (Wildman–Crippen LogP) is 9.35. The minimum atomic E-state index is -2.08. The first-order valence-electron chi connectivity index (χ1n) is 20.3. The monoisotopic (exact) mass is 868 g/mol. The van der Waals surface area contributed by atoms with Crippen LogP contribution in [-0.2, 0) is 9.16 Å². The van der Waals surface area contributed by atoms with E-state index in [0.717, 1.165) is 12.1 Å². The van der Waals surface area contributed by atoms with Crippen molar-refractivity contribution < 1.29 is 46.5 Å². The maximum Gasteiger partial charge on any atom is 0.341 e. The minimum Gasteiger partial charge on any atom is -0.478 e. The number of carboxylic acid groups (broad SMARTS) is 1. The molecule has 330 valence electrons. The number of nitrogen functional groups attached to an aromatic ring is 2. The van der Waals surface area contributed by atoms with Gasteiger partial charge in [-0.2, -0.15) is 0 Å². The van der Waals surface area contributed by atoms with E-state index in [1.807, 2.05) is 0 Å². The van der Waals surface area contributed by atoms with E-state index in [1.54, 1.807) is 33.0 Å². The molecule has 0 amide bonds. The highest BCUT2D eigenvalue weighted by molar-refractivity contribution is 6.74. The van der Waals surface area contributed by atoms with Gasteiger partial charge in [0.1, 0.15) is 52.6 Å². The van der Waals surface area contributed by atoms with Gasteiger partial charge in [0, 0.05) is 23.0 Å². The van der Waals surface area contributed by atoms with Crippen molar-refractivity contribution in [3.8, 4) is 22.5 Å². The van der Waals surface area contributed by atoms with Gasteiger partial charge in [0.2, 0.25) is 0 Å². The van der Waals surface area contributed by atoms with Crippen molar-refractivity contribution in [1.82, 2.24) is 19.9 Å². The van der Waals surface area contributed by atoms with Crippen molar-refractivity contribution in [3.63, 3.8) is 0 Å². The van der Waals surface area contributed by atoms with E-state index >= 15 is 4.39 Å². The number of esters is 1. The Labute approximate surface area is 354 Å². The molecule has 61 heavy (non-hydrogen) atoms. The molecule has 2 heterocycles. The number of nitrogens with two attached hydrogens (primary N) is 2. The standard InChI is InChI=1S/C27H39F2N3O3Si.C17H17F2N3O3/c1-26(2,3)34-25(33)18-11-9-17(14-19(18)28)23-24(30)31-15-21(32-23)16-10-12-22(20(29)13-16)35-36(7,8)27(4,5)6;18-11-6-9(1-3-10(11)17(24)25)15-16(20)21-7-13(22-15)8-2-4-14(23)12(19)5-8/h9,11,14-16,20,22H,10,12-13H2,1-8H3,(H2,30,31);1,3,6-8,12,14,23H,2,4-5H2,(H2,20,21)(H,24,25)/t16-,20-,22-;8-,12-,14-/m00/s1. The summed E-state index contributed by atoms with van der Waals surface area (Å²) in [4.78, 5) is 40.5. The number of rotatable bonds is 8. The van der Waals surface area contributed by atoms with Gasteiger partial charge in [-0.05, 0) is 102 Å². The molecule has 0 aliphatic heterocycles. The Bertz CT molecular complexity index is 2240. The Morgan fingerprint density at radius 3 is 1.66 bits per heavy atom. The van der Waals surface area contributed by atoms with Gasteiger partial charge in [-0.25, -0.2) is 47.1 Å². The van der Waals surface area contributed by atoms with E-state index in [2.05, 4.69) is 53.8 Å². The molecule has 2 aliphatic rings. The molecule has 2 aromatic carbocycles. The molecule has 0 spiro atoms. The largest absolute Gasteiger partial charge is 0.478 e. The van der Waals surface area contributed by atoms with Crippen LogP contribution in [-0.4, -0.2) is 80.6 Å². The summed E-state index contributed by atoms with van der Waals surface area (Å²) in [5, 5.41) is 18.4. The van der Waals surface area contributed by atoms with Gasteiger partial charge in [-0.1, -0.05) is 32.9 Å². The van der Waals surface area contributed by atoms with Crippen molar-refractivity contribution in [1.29, 1.82) is 0 Å². The summed E-state index contributed by atoms with van der Waals surface area (Å²) in [5.41, 5.74) is 12.9. The number of carbonyl (C=O) groups is 2. The molecular formula is C44H56F4N6O6Si. The fraction of sp³-hybridized carbons (Fsp3) is 0.500. The average molecular weight is 869 g/mol. The van der Waals surface area contributed by atoms with E-state index in [4.69, 9.17) is 25.7 Å². The van der Waals surface area contributed by atoms with Crippen LogP contribution < -0.4 is 11.5 Å². The molecule has 0 unspecified atom stereocenters. The quantitative estimate of drug-likeness (QED) is 0.0745. The zero-order valence-electron chi connectivity index (χ0n) is 35.8. The molecule has 2 fully saturated rings. The topological polar surface area (TPSA) is 197 Å². The van der Waals surface area contributed by atoms with Crippen LogP contribution >= 0.6 is 0 Å². The lowest BCUT2D eigenvalue weighted by molar-refractivity contribution is 0.00644. The molecule has 6 rings (SSSR count). The van der Waals surface area contributed by atoms with E-state index in [9.17, 15) is 27.9 Å². The number of anilines is 2. The van der Waals surface area contributed by atoms with Crippen molar-refractivity contribution >= 4 is 31.9 Å². The third-order valence-electron chi connectivity index (χ3n) is 11.5. The van der Waals surface area contributed by atoms with Crippen LogP contribution in [0.1, 0.15) is 124 Å². The summed E-state index contributed by atoms with van der Waals surface area (Å²) >= 11 is 0. The molecule has 2 aromatic heterocycles. The van der Waals surface area contributed by atoms with Gasteiger partial charge in [0.05, 0.1) is 47.1 Å². The number of aliphatic hydroxyl groups is 1. The van der Waals surface area contributed by atoms with Crippen LogP contribution in [0.4, 0.5) is 29.2 Å². The first-order valence-corrected chi connectivity index (χ1v) is 23.2. The number of hydrogen-bond donors (Lipinski definition) is 4. The number of alkyl halides is 2. The molecule has 2 aliphatic carbocycles. The lowest BCUT2D eigenvalue weighted by atomic mass is 9.84. The lowest BCUT2D eigenvalue weighted by Crippen LogP contribution is -2.47. The minimum absolute atomic E-state index is 0.00913. The number of nitrogens with zero attached hydrogens (tertiary/aromatic N) is 4. The molecule has 4 aromatic rings. The maximum atomic E-state index is 15.2. The zero-order chi connectivity index (χ0) is 45.2. The van der Waals surface area contributed by atoms with Crippen molar-refractivity contribution in [2.24, 2.45) is 0 Å². The zero-order valence-corrected chi connectivity index (χ0v) is 36.8. The van der Waals surface area contributed by atoms with Gasteiger partial charge >= 0.3 is 11.9 Å². The number of ether oxygens (including phenoxy) is 1. The second kappa shape index (κ2) is 18.5. The number of benzene rings is 2. The van der Waals surface area contributed by atoms with E-state index in [-0.39, 0.29) is 52.6 Å². The first-order chi connectivity index (χ1) is 28.3. The fourth-order valence-corrected chi connectivity index (χ4v) is 8.43. The van der Waals surface area contributed by atoms with Gasteiger partial charge in [-0.15, -0.1) is 0 Å². The number of carbonyl (C=O) groups excluding carboxylic acids is 1. The van der Waals surface area contributed by atoms with E-state index < -0.39 is 67.6 Å². The van der Waals surface area contributed by atoms with Gasteiger partial charge in [0.25, 0.3) is 0 Å². The van der Waals surface area contributed by atoms with Crippen LogP contribution in [0.15, 0.2) is 48.8 Å². The Morgan fingerprint density at radius 1 is 0.754 bits per heavy atom. The third-order valence-corrected chi connectivity index (χ3v) is 16.0. The molecule has 0 bridgehead atoms. The number of halogens is 4. The van der Waals surface area contributed by atoms with Crippen LogP contribution in [0.2, 0.25) is 18.1 Å². The number of aliphatic hydroxyl groups excluding tert-OH is 1. The molecule has 0 saturated heterocycles. The highest BCUT2D eigenvalue weighted by Crippen LogP contribution is 2.42. The first kappa shape index (κ1) is 47.1. The smallest absolute Gasteiger partial charge is 0.341 e. The summed E-state index contributed by atoms with van der Waals surface area (Å²) in [6, 6.07) is 7.69. The van der Waals surface area contributed by atoms with Crippen LogP contribution in [0.5, 0.6) is 0 Å². The normalized spacial score (nSPS) is 22.2. The van der Waals surface area contributed by atoms with Crippen molar-refractivity contribution in [2.45, 2.75) is 140 Å². The summed E-state index contributed by atoms with van der Waals surface area (Å²) in [6.45, 7) is 15.9. The van der Waals surface area contributed by atoms with E-state index in [1.165, 1.54) is 24.4 Å². The number of hydrogen-bond acceptors (Lipinski definition) is 11. The second-order valence-electron chi connectivity index (χ2n) is 18.3. The lowest BCUT2D eigenvalue weighted by Gasteiger charge is -2.42. The molecular weight excluding hydrogens is 813 g/mol. The Kier molecular flexibility index (Phi) is 14.3. The van der Waals surface area contributed by atoms with Crippen molar-refractivity contribution in [2.75, 3.05) is 11.5 Å². The predicted molar refractivity (Wildman–Crippen MR) is 227 cm³/mol. The van der Waals surface area contributed by atoms with Crippen LogP contribution in [0.3, 0.4) is 0 Å². The molecule has 0 radical (unpaired) electrons. The summed E-state index contributed by atoms with van der Waals surface area (Å²) in [7, 11) is -2.08. The number of aromatic carboxylic acids is 1. The average Bonchev–Trinajstić information content (AvgIpc) is 3.16. The fourth-order valence-electron chi connectivity index (χ4n) is 7.05. The molecule has 6 N–H and O–H groups in total. The van der Waals surface area contributed by atoms with Gasteiger partial charge in [-0.3, -0.25) is 0 Å². The molecule has 2 saturated carbocycles. The van der Waals surface area contributed by atoms with Gasteiger partial charge < -0.3 is 30.8 Å². The van der Waals surface area contributed by atoms with Crippen molar-refractivity contribution in [3.05, 3.63) is 82.9 Å². The Hall–Kier alpha value is -5.00. The molecule has 12 nitrogen and oxygen atoms in total. The third kappa shape index (κ3) is 11.5. The summed E-state index contributed by atoms with van der Waals surface area (Å²) in [5.74, 6) is -3.91. The maximum absolute atomic E-state index is 15.2. The van der Waals surface area contributed by atoms with Gasteiger partial charge in [0.15, 0.2) is 8.32 Å². The SMILES string of the molecule is CC(C)(C)OC(=O)c1ccc(-c2nc([C@H]3CC[C@H](O[Si](C)(C)C(C)(C)C)[C@@H](F)C3)cnc2N)cc1F.Nc1ncc([C@H]2CC[C@H](O)[C@@H](F)C2)nc1-c1ccc(C(=O)O)c(F)c1. The number of carboxylic acids is 1.